The first-order chi connectivity index (χ1) is 15.6. The molecule has 0 aromatic heterocycles. The van der Waals surface area contributed by atoms with Crippen molar-refractivity contribution in [2.24, 2.45) is 0 Å². The first kappa shape index (κ1) is 26.3. The van der Waals surface area contributed by atoms with E-state index in [4.69, 9.17) is 21.6 Å². The Hall–Kier alpha value is -2.93. The number of carbonyl (C=O) groups is 2. The largest absolute Gasteiger partial charge is 0.452 e. The summed E-state index contributed by atoms with van der Waals surface area (Å²) in [6.07, 6.45) is 0.0799. The molecule has 176 valence electrons. The first-order valence-electron chi connectivity index (χ1n) is 10.4. The minimum atomic E-state index is -3.76. The number of hydrogen-bond donors (Lipinski definition) is 0. The van der Waals surface area contributed by atoms with Gasteiger partial charge in [-0.1, -0.05) is 37.6 Å². The van der Waals surface area contributed by atoms with Crippen molar-refractivity contribution in [3.05, 3.63) is 58.6 Å². The molecule has 0 atom stereocenters. The number of benzene rings is 2. The number of aryl methyl sites for hydroxylation is 1. The molecule has 0 aliphatic rings. The predicted molar refractivity (Wildman–Crippen MR) is 126 cm³/mol. The van der Waals surface area contributed by atoms with Gasteiger partial charge in [-0.2, -0.15) is 9.57 Å². The standard InChI is InChI=1S/C23H26ClN3O5S/c1-4-26(5-2)33(30,31)20-11-10-17(3)21(15-20)23(29)32-16-22(28)27(13-7-12-25)19-9-6-8-18(24)14-19/h6,8-11,14-15H,4-5,7,13,16H2,1-3H3. The van der Waals surface area contributed by atoms with Gasteiger partial charge in [0.2, 0.25) is 10.0 Å². The highest BCUT2D eigenvalue weighted by Gasteiger charge is 2.25. The molecule has 2 aromatic carbocycles. The highest BCUT2D eigenvalue weighted by Crippen LogP contribution is 2.22. The summed E-state index contributed by atoms with van der Waals surface area (Å²) in [4.78, 5) is 26.8. The van der Waals surface area contributed by atoms with Crippen molar-refractivity contribution >= 4 is 39.2 Å². The highest BCUT2D eigenvalue weighted by molar-refractivity contribution is 7.89. The first-order valence-corrected chi connectivity index (χ1v) is 12.2. The summed E-state index contributed by atoms with van der Waals surface area (Å²) < 4.78 is 32.1. The van der Waals surface area contributed by atoms with Crippen molar-refractivity contribution in [2.45, 2.75) is 32.1 Å². The Balaban J connectivity index is 2.22. The molecule has 10 heteroatoms. The van der Waals surface area contributed by atoms with Crippen LogP contribution < -0.4 is 4.90 Å². The van der Waals surface area contributed by atoms with Crippen molar-refractivity contribution in [1.82, 2.24) is 4.31 Å². The van der Waals surface area contributed by atoms with Gasteiger partial charge in [0, 0.05) is 30.3 Å². The van der Waals surface area contributed by atoms with Crippen molar-refractivity contribution < 1.29 is 22.7 Å². The normalized spacial score (nSPS) is 11.2. The summed E-state index contributed by atoms with van der Waals surface area (Å²) >= 11 is 6.01. The van der Waals surface area contributed by atoms with Gasteiger partial charge in [-0.15, -0.1) is 0 Å². The van der Waals surface area contributed by atoms with Crippen LogP contribution in [0.2, 0.25) is 5.02 Å². The van der Waals surface area contributed by atoms with Crippen molar-refractivity contribution in [1.29, 1.82) is 5.26 Å². The van der Waals surface area contributed by atoms with Gasteiger partial charge in [-0.05, 0) is 42.8 Å². The molecule has 0 aliphatic heterocycles. The molecule has 0 saturated carbocycles. The Bertz CT molecular complexity index is 1160. The van der Waals surface area contributed by atoms with Gasteiger partial charge in [0.25, 0.3) is 5.91 Å². The molecule has 0 radical (unpaired) electrons. The number of carbonyl (C=O) groups excluding carboxylic acids is 2. The zero-order chi connectivity index (χ0) is 24.6. The van der Waals surface area contributed by atoms with Crippen LogP contribution in [0.5, 0.6) is 0 Å². The van der Waals surface area contributed by atoms with Gasteiger partial charge in [0.05, 0.1) is 22.9 Å². The van der Waals surface area contributed by atoms with Gasteiger partial charge < -0.3 is 9.64 Å². The maximum atomic E-state index is 12.8. The van der Waals surface area contributed by atoms with E-state index in [2.05, 4.69) is 0 Å². The minimum Gasteiger partial charge on any atom is -0.452 e. The second kappa shape index (κ2) is 11.8. The lowest BCUT2D eigenvalue weighted by atomic mass is 10.1. The number of nitrogens with zero attached hydrogens (tertiary/aromatic N) is 3. The number of ether oxygens (including phenoxy) is 1. The Labute approximate surface area is 199 Å². The Morgan fingerprint density at radius 3 is 2.42 bits per heavy atom. The van der Waals surface area contributed by atoms with E-state index in [1.54, 1.807) is 45.0 Å². The summed E-state index contributed by atoms with van der Waals surface area (Å²) in [5.74, 6) is -1.35. The predicted octanol–water partition coefficient (Wildman–Crippen LogP) is 3.78. The number of halogens is 1. The van der Waals surface area contributed by atoms with Gasteiger partial charge in [-0.25, -0.2) is 13.2 Å². The smallest absolute Gasteiger partial charge is 0.338 e. The van der Waals surface area contributed by atoms with E-state index >= 15 is 0 Å². The topological polar surface area (TPSA) is 108 Å². The van der Waals surface area contributed by atoms with Crippen LogP contribution in [0, 0.1) is 18.3 Å². The fourth-order valence-corrected chi connectivity index (χ4v) is 4.85. The fraction of sp³-hybridized carbons (Fsp3) is 0.348. The van der Waals surface area contributed by atoms with Crippen LogP contribution in [-0.2, 0) is 19.6 Å². The summed E-state index contributed by atoms with van der Waals surface area (Å²) in [5.41, 5.74) is 1.05. The number of rotatable bonds is 10. The number of sulfonamides is 1. The summed E-state index contributed by atoms with van der Waals surface area (Å²) in [6.45, 7) is 5.22. The lowest BCUT2D eigenvalue weighted by molar-refractivity contribution is -0.121. The zero-order valence-corrected chi connectivity index (χ0v) is 20.3. The summed E-state index contributed by atoms with van der Waals surface area (Å²) in [7, 11) is -3.76. The minimum absolute atomic E-state index is 0.0235. The number of anilines is 1. The number of nitriles is 1. The van der Waals surface area contributed by atoms with Crippen LogP contribution in [-0.4, -0.2) is 50.8 Å². The van der Waals surface area contributed by atoms with Crippen LogP contribution in [0.15, 0.2) is 47.4 Å². The van der Waals surface area contributed by atoms with Gasteiger partial charge in [0.1, 0.15) is 0 Å². The molecule has 1 amide bonds. The molecule has 0 N–H and O–H groups in total. The molecule has 33 heavy (non-hydrogen) atoms. The molecule has 0 bridgehead atoms. The second-order valence-electron chi connectivity index (χ2n) is 7.08. The van der Waals surface area contributed by atoms with E-state index in [1.165, 1.54) is 27.4 Å². The average molecular weight is 492 g/mol. The summed E-state index contributed by atoms with van der Waals surface area (Å²) in [5, 5.41) is 9.33. The van der Waals surface area contributed by atoms with E-state index in [0.717, 1.165) is 0 Å². The van der Waals surface area contributed by atoms with E-state index < -0.39 is 28.5 Å². The van der Waals surface area contributed by atoms with Crippen LogP contribution >= 0.6 is 11.6 Å². The zero-order valence-electron chi connectivity index (χ0n) is 18.7. The number of amides is 1. The van der Waals surface area contributed by atoms with Gasteiger partial charge in [0.15, 0.2) is 6.61 Å². The van der Waals surface area contributed by atoms with Gasteiger partial charge in [-0.3, -0.25) is 4.79 Å². The lowest BCUT2D eigenvalue weighted by Gasteiger charge is -2.22. The van der Waals surface area contributed by atoms with Crippen molar-refractivity contribution in [2.75, 3.05) is 31.1 Å². The highest BCUT2D eigenvalue weighted by atomic mass is 35.5. The van der Waals surface area contributed by atoms with E-state index in [-0.39, 0.29) is 23.4 Å². The van der Waals surface area contributed by atoms with Crippen LogP contribution in [0.25, 0.3) is 0 Å². The fourth-order valence-electron chi connectivity index (χ4n) is 3.18. The monoisotopic (exact) mass is 491 g/mol. The third-order valence-electron chi connectivity index (χ3n) is 4.97. The Kier molecular flexibility index (Phi) is 9.41. The SMILES string of the molecule is CCN(CC)S(=O)(=O)c1ccc(C)c(C(=O)OCC(=O)N(CCC#N)c2cccc(Cl)c2)c1. The average Bonchev–Trinajstić information content (AvgIpc) is 2.78. The third-order valence-corrected chi connectivity index (χ3v) is 7.25. The molecule has 8 nitrogen and oxygen atoms in total. The third kappa shape index (κ3) is 6.54. The summed E-state index contributed by atoms with van der Waals surface area (Å²) in [6, 6.07) is 12.8. The molecule has 0 saturated heterocycles. The van der Waals surface area contributed by atoms with Crippen LogP contribution in [0.1, 0.15) is 36.2 Å². The number of hydrogen-bond acceptors (Lipinski definition) is 6. The molecule has 0 spiro atoms. The molecule has 0 fully saturated rings. The van der Waals surface area contributed by atoms with Gasteiger partial charge >= 0.3 is 5.97 Å². The van der Waals surface area contributed by atoms with Crippen molar-refractivity contribution in [3.63, 3.8) is 0 Å². The maximum absolute atomic E-state index is 12.8. The molecule has 2 rings (SSSR count). The molecular weight excluding hydrogens is 466 g/mol. The Morgan fingerprint density at radius 2 is 1.82 bits per heavy atom. The van der Waals surface area contributed by atoms with E-state index in [1.807, 2.05) is 6.07 Å². The Morgan fingerprint density at radius 1 is 1.12 bits per heavy atom. The molecule has 0 heterocycles. The quantitative estimate of drug-likeness (QED) is 0.468. The second-order valence-corrected chi connectivity index (χ2v) is 9.45. The maximum Gasteiger partial charge on any atom is 0.338 e. The number of esters is 1. The van der Waals surface area contributed by atoms with E-state index in [0.29, 0.717) is 29.4 Å². The van der Waals surface area contributed by atoms with Crippen molar-refractivity contribution in [3.8, 4) is 6.07 Å². The van der Waals surface area contributed by atoms with Crippen LogP contribution in [0.3, 0.4) is 0 Å². The lowest BCUT2D eigenvalue weighted by Crippen LogP contribution is -2.35. The van der Waals surface area contributed by atoms with Crippen LogP contribution in [0.4, 0.5) is 5.69 Å². The van der Waals surface area contributed by atoms with E-state index in [9.17, 15) is 18.0 Å². The molecule has 0 aliphatic carbocycles. The molecule has 2 aromatic rings. The molecular formula is C23H26ClN3O5S. The molecule has 0 unspecified atom stereocenters.